The molecule has 4 heterocycles. The first-order valence-corrected chi connectivity index (χ1v) is 22.7. The predicted octanol–water partition coefficient (Wildman–Crippen LogP) is 5.17. The van der Waals surface area contributed by atoms with Crippen LogP contribution in [0.15, 0.2) is 65.5 Å². The Balaban J connectivity index is 1.40. The minimum atomic E-state index is -2.13. The molecule has 0 spiro atoms. The minimum Gasteiger partial charge on any atom is -0.507 e. The number of carbonyl (C=O) groups excluding carboxylic acids is 4. The summed E-state index contributed by atoms with van der Waals surface area (Å²) in [4.78, 5) is 57.9. The summed E-state index contributed by atoms with van der Waals surface area (Å²) in [5, 5.41) is 64.6. The Hall–Kier alpha value is -6.54. The number of ketones is 1. The average Bonchev–Trinajstić information content (AvgIpc) is 3.58. The number of hydrazone groups is 1. The number of piperazine rings is 1. The molecule has 0 radical (unpaired) electrons. The molecule has 3 aromatic carbocycles. The number of aliphatic hydroxyl groups is 2. The van der Waals surface area contributed by atoms with E-state index in [4.69, 9.17) is 18.9 Å². The summed E-state index contributed by atoms with van der Waals surface area (Å²) in [6.45, 7) is 14.4. The van der Waals surface area contributed by atoms with Crippen LogP contribution in [0.1, 0.15) is 70.0 Å². The standard InChI is InChI=1S/C50H62FN5O13/c1-25-11-10-12-26(2)49(65)53-40-34(23-52-54-36(58)24-55-18-20-56(21-19-55)33-15-13-32(51)14-16-33)44(62)37-38(45(40)63)43(61)30(6)47-39(37)48(64)50(8,69-47)67-22-17-35(66-9)27(3)46(68-31(7)57)29(5)42(60)28(4)41(25)59/h10-17,22-23,25,27-29,35,41-42,46,59-63H,18-21,24H2,1-9H3,(H,53,65)(H,54,58)/b11-10+,22-17+,26-12-,52-23?/t25-,27-,28-,29-,35+,41+,42-,46-,50+/m1/s1. The summed E-state index contributed by atoms with van der Waals surface area (Å²) in [6, 6.07) is 6.15. The lowest BCUT2D eigenvalue weighted by molar-refractivity contribution is -0.160. The fourth-order valence-electron chi connectivity index (χ4n) is 9.10. The summed E-state index contributed by atoms with van der Waals surface area (Å²) in [7, 11) is 1.41. The molecule has 18 nitrogen and oxygen atoms in total. The second-order valence-electron chi connectivity index (χ2n) is 18.2. The van der Waals surface area contributed by atoms with E-state index in [1.54, 1.807) is 45.9 Å². The predicted molar refractivity (Wildman–Crippen MR) is 255 cm³/mol. The smallest absolute Gasteiger partial charge is 0.312 e. The topological polar surface area (TPSA) is 249 Å². The van der Waals surface area contributed by atoms with E-state index in [1.807, 2.05) is 4.90 Å². The van der Waals surface area contributed by atoms with Crippen molar-refractivity contribution in [2.75, 3.05) is 50.1 Å². The van der Waals surface area contributed by atoms with Gasteiger partial charge in [-0.1, -0.05) is 45.9 Å². The summed E-state index contributed by atoms with van der Waals surface area (Å²) in [5.41, 5.74) is 2.27. The van der Waals surface area contributed by atoms with Gasteiger partial charge in [0.2, 0.25) is 0 Å². The number of anilines is 2. The maximum absolute atomic E-state index is 14.5. The number of hydrogen-bond donors (Lipinski definition) is 7. The first-order chi connectivity index (χ1) is 32.6. The molecule has 9 atom stereocenters. The zero-order valence-electron chi connectivity index (χ0n) is 40.1. The van der Waals surface area contributed by atoms with E-state index < -0.39 is 106 Å². The molecule has 69 heavy (non-hydrogen) atoms. The molecular formula is C50H62FN5O13. The van der Waals surface area contributed by atoms with Gasteiger partial charge in [0.05, 0.1) is 59.5 Å². The molecule has 4 aliphatic rings. The summed E-state index contributed by atoms with van der Waals surface area (Å²) >= 11 is 0. The van der Waals surface area contributed by atoms with Crippen LogP contribution in [0.25, 0.3) is 10.8 Å². The van der Waals surface area contributed by atoms with Crippen LogP contribution in [0, 0.1) is 36.4 Å². The third kappa shape index (κ3) is 10.9. The molecule has 3 aromatic rings. The number of benzene rings is 3. The van der Waals surface area contributed by atoms with Gasteiger partial charge >= 0.3 is 11.8 Å². The van der Waals surface area contributed by atoms with Gasteiger partial charge in [-0.05, 0) is 44.2 Å². The maximum atomic E-state index is 14.5. The van der Waals surface area contributed by atoms with Crippen molar-refractivity contribution in [3.63, 3.8) is 0 Å². The lowest BCUT2D eigenvalue weighted by atomic mass is 9.78. The lowest BCUT2D eigenvalue weighted by Crippen LogP contribution is -2.49. The van der Waals surface area contributed by atoms with Crippen molar-refractivity contribution < 1.29 is 68.0 Å². The number of amides is 2. The van der Waals surface area contributed by atoms with Crippen LogP contribution in [0.5, 0.6) is 23.0 Å². The van der Waals surface area contributed by atoms with Crippen molar-refractivity contribution in [1.29, 1.82) is 0 Å². The highest BCUT2D eigenvalue weighted by Crippen LogP contribution is 2.55. The van der Waals surface area contributed by atoms with Gasteiger partial charge in [-0.15, -0.1) is 0 Å². The lowest BCUT2D eigenvalue weighted by Gasteiger charge is -2.38. The zero-order valence-corrected chi connectivity index (χ0v) is 40.1. The van der Waals surface area contributed by atoms with Crippen molar-refractivity contribution in [1.82, 2.24) is 10.3 Å². The number of esters is 1. The van der Waals surface area contributed by atoms with Gasteiger partial charge in [0, 0.05) is 93.0 Å². The highest BCUT2D eigenvalue weighted by Gasteiger charge is 2.50. The molecule has 5 bridgehead atoms. The molecule has 0 aliphatic carbocycles. The molecule has 0 saturated carbocycles. The van der Waals surface area contributed by atoms with Gasteiger partial charge in [0.1, 0.15) is 29.2 Å². The van der Waals surface area contributed by atoms with Gasteiger partial charge < -0.3 is 54.7 Å². The van der Waals surface area contributed by atoms with E-state index in [0.29, 0.717) is 26.2 Å². The number of phenolic OH excluding ortho intramolecular Hbond substituents is 3. The van der Waals surface area contributed by atoms with E-state index in [2.05, 4.69) is 20.7 Å². The largest absolute Gasteiger partial charge is 0.507 e. The normalized spacial score (nSPS) is 29.0. The Morgan fingerprint density at radius 2 is 1.61 bits per heavy atom. The number of carbonyl (C=O) groups is 4. The number of nitrogens with one attached hydrogen (secondary N) is 2. The monoisotopic (exact) mass is 959 g/mol. The van der Waals surface area contributed by atoms with E-state index >= 15 is 0 Å². The minimum absolute atomic E-state index is 0.0151. The molecule has 7 rings (SSSR count). The summed E-state index contributed by atoms with van der Waals surface area (Å²) < 4.78 is 37.1. The van der Waals surface area contributed by atoms with E-state index in [0.717, 1.165) is 18.2 Å². The summed E-state index contributed by atoms with van der Waals surface area (Å²) in [6.07, 6.45) is 4.15. The number of fused-ring (bicyclic) bond motifs is 14. The second-order valence-corrected chi connectivity index (χ2v) is 18.2. The van der Waals surface area contributed by atoms with Gasteiger partial charge in [0.25, 0.3) is 17.6 Å². The highest BCUT2D eigenvalue weighted by molar-refractivity contribution is 6.24. The van der Waals surface area contributed by atoms with Crippen molar-refractivity contribution in [3.8, 4) is 23.0 Å². The molecule has 7 N–H and O–H groups in total. The van der Waals surface area contributed by atoms with E-state index in [9.17, 15) is 49.1 Å². The Labute approximate surface area is 399 Å². The zero-order chi connectivity index (χ0) is 50.6. The van der Waals surface area contributed by atoms with Crippen LogP contribution in [0.4, 0.5) is 15.8 Å². The molecule has 2 amide bonds. The Morgan fingerprint density at radius 3 is 2.25 bits per heavy atom. The van der Waals surface area contributed by atoms with Crippen LogP contribution in [0.2, 0.25) is 0 Å². The van der Waals surface area contributed by atoms with Gasteiger partial charge in [-0.3, -0.25) is 24.1 Å². The number of phenols is 3. The number of hydrogen-bond acceptors (Lipinski definition) is 16. The molecule has 0 aromatic heterocycles. The number of ether oxygens (including phenoxy) is 4. The Bertz CT molecular complexity index is 2570. The molecule has 19 heteroatoms. The molecule has 0 unspecified atom stereocenters. The number of halogens is 1. The second kappa shape index (κ2) is 21.4. The van der Waals surface area contributed by atoms with Crippen molar-refractivity contribution in [3.05, 3.63) is 82.9 Å². The van der Waals surface area contributed by atoms with Crippen molar-refractivity contribution in [2.45, 2.75) is 85.6 Å². The van der Waals surface area contributed by atoms with Crippen LogP contribution in [0.3, 0.4) is 0 Å². The van der Waals surface area contributed by atoms with Crippen molar-refractivity contribution in [2.24, 2.45) is 28.8 Å². The Morgan fingerprint density at radius 1 is 0.942 bits per heavy atom. The number of rotatable bonds is 7. The molecule has 372 valence electrons. The molecular weight excluding hydrogens is 898 g/mol. The van der Waals surface area contributed by atoms with Crippen LogP contribution >= 0.6 is 0 Å². The SMILES string of the molecule is CO[C@H]1/C=C/O[C@@]2(C)Oc3c(C)c(O)c4c(O)c(c(C=NNC(=O)CN5CCN(c6ccc(F)cc6)CC5)c(O)c4c3C2=O)NC(=O)/C(C)=C\C=C\[C@@H](C)[C@H](O)[C@@H](C)[C@@H](O)[C@@H](C)[C@H](OC(C)=O)[C@@H]1C. The number of nitrogens with zero attached hydrogens (tertiary/aromatic N) is 3. The van der Waals surface area contributed by atoms with Crippen LogP contribution < -0.4 is 20.4 Å². The van der Waals surface area contributed by atoms with E-state index in [-0.39, 0.29) is 45.8 Å². The first-order valence-electron chi connectivity index (χ1n) is 22.7. The fourth-order valence-corrected chi connectivity index (χ4v) is 9.10. The van der Waals surface area contributed by atoms with Crippen LogP contribution in [-0.2, 0) is 28.6 Å². The average molecular weight is 960 g/mol. The number of methoxy groups -OCH3 is 1. The quantitative estimate of drug-likeness (QED) is 0.0531. The van der Waals surface area contributed by atoms with Crippen molar-refractivity contribution >= 4 is 51.9 Å². The highest BCUT2D eigenvalue weighted by atomic mass is 19.1. The van der Waals surface area contributed by atoms with Gasteiger partial charge in [-0.25, -0.2) is 9.82 Å². The van der Waals surface area contributed by atoms with E-state index in [1.165, 1.54) is 65.2 Å². The molecule has 4 aliphatic heterocycles. The van der Waals surface area contributed by atoms with Gasteiger partial charge in [-0.2, -0.15) is 5.10 Å². The van der Waals surface area contributed by atoms with Gasteiger partial charge in [0.15, 0.2) is 5.75 Å². The third-order valence-electron chi connectivity index (χ3n) is 13.3. The fraction of sp³-hybridized carbons (Fsp3) is 0.460. The number of aromatic hydroxyl groups is 3. The number of Topliss-reactive ketones (excluding diaryl/α,β-unsaturated/α-hetero) is 1. The summed E-state index contributed by atoms with van der Waals surface area (Å²) in [5.74, 6) is -10.1. The first kappa shape index (κ1) is 51.8. The number of allylic oxidation sites excluding steroid dienone is 2. The number of aliphatic hydroxyl groups excluding tert-OH is 2. The Kier molecular flexibility index (Phi) is 16.1. The maximum Gasteiger partial charge on any atom is 0.312 e. The molecule has 1 fully saturated rings. The van der Waals surface area contributed by atoms with Crippen LogP contribution in [-0.4, -0.2) is 130 Å². The molecule has 1 saturated heterocycles. The third-order valence-corrected chi connectivity index (χ3v) is 13.3.